The van der Waals surface area contributed by atoms with E-state index in [1.54, 1.807) is 11.3 Å². The van der Waals surface area contributed by atoms with Crippen LogP contribution in [0.5, 0.6) is 0 Å². The number of hydrogen-bond acceptors (Lipinski definition) is 6. The van der Waals surface area contributed by atoms with Crippen LogP contribution in [0.4, 0.5) is 5.95 Å². The van der Waals surface area contributed by atoms with Crippen LogP contribution < -0.4 is 4.90 Å². The molecule has 0 radical (unpaired) electrons. The van der Waals surface area contributed by atoms with Gasteiger partial charge in [-0.25, -0.2) is 15.0 Å². The quantitative estimate of drug-likeness (QED) is 0.500. The van der Waals surface area contributed by atoms with Gasteiger partial charge < -0.3 is 4.90 Å². The maximum atomic E-state index is 5.15. The predicted octanol–water partition coefficient (Wildman–Crippen LogP) is 4.82. The second-order valence-corrected chi connectivity index (χ2v) is 8.63. The molecule has 5 rings (SSSR count). The molecule has 1 aromatic carbocycles. The Hall–Kier alpha value is -2.54. The molecular weight excluding hydrogens is 368 g/mol. The first-order chi connectivity index (χ1) is 13.6. The lowest BCUT2D eigenvalue weighted by Gasteiger charge is -2.28. The van der Waals surface area contributed by atoms with Crippen molar-refractivity contribution in [2.45, 2.75) is 46.0 Å². The van der Waals surface area contributed by atoms with Crippen molar-refractivity contribution in [2.24, 2.45) is 0 Å². The molecule has 1 saturated heterocycles. The molecular formula is C21H24N6S. The Morgan fingerprint density at radius 1 is 1.07 bits per heavy atom. The number of piperidine rings is 1. The smallest absolute Gasteiger partial charge is 0.229 e. The Balaban J connectivity index is 1.85. The zero-order valence-corrected chi connectivity index (χ0v) is 17.3. The van der Waals surface area contributed by atoms with Crippen molar-refractivity contribution in [1.29, 1.82) is 0 Å². The molecule has 0 spiro atoms. The van der Waals surface area contributed by atoms with Gasteiger partial charge in [0.1, 0.15) is 5.69 Å². The fourth-order valence-electron chi connectivity index (χ4n) is 4.05. The van der Waals surface area contributed by atoms with Crippen LogP contribution in [-0.4, -0.2) is 37.7 Å². The Bertz CT molecular complexity index is 1140. The van der Waals surface area contributed by atoms with Crippen LogP contribution in [0.3, 0.4) is 0 Å². The molecule has 28 heavy (non-hydrogen) atoms. The molecule has 0 amide bonds. The lowest BCUT2D eigenvalue weighted by Crippen LogP contribution is -2.32. The lowest BCUT2D eigenvalue weighted by molar-refractivity contribution is 0.563. The van der Waals surface area contributed by atoms with Gasteiger partial charge in [0.05, 0.1) is 11.0 Å². The second kappa shape index (κ2) is 6.81. The fraction of sp³-hybridized carbons (Fsp3) is 0.429. The topological polar surface area (TPSA) is 59.2 Å². The van der Waals surface area contributed by atoms with Crippen LogP contribution in [0.15, 0.2) is 23.0 Å². The number of hydrogen-bond donors (Lipinski definition) is 0. The van der Waals surface area contributed by atoms with E-state index >= 15 is 0 Å². The number of anilines is 1. The number of aromatic nitrogens is 5. The molecule has 4 heterocycles. The Labute approximate surface area is 168 Å². The number of fused-ring (bicyclic) bond motifs is 3. The summed E-state index contributed by atoms with van der Waals surface area (Å²) in [6, 6.07) is 4.44. The van der Waals surface area contributed by atoms with E-state index in [-0.39, 0.29) is 0 Å². The van der Waals surface area contributed by atoms with Crippen molar-refractivity contribution < 1.29 is 0 Å². The van der Waals surface area contributed by atoms with Gasteiger partial charge in [0, 0.05) is 23.9 Å². The van der Waals surface area contributed by atoms with Crippen molar-refractivity contribution in [3.8, 4) is 11.5 Å². The van der Waals surface area contributed by atoms with Crippen molar-refractivity contribution in [3.05, 3.63) is 34.2 Å². The number of nitrogens with zero attached hydrogens (tertiary/aromatic N) is 6. The second-order valence-electron chi connectivity index (χ2n) is 7.91. The summed E-state index contributed by atoms with van der Waals surface area (Å²) < 4.78 is 1.94. The standard InChI is InChI=1S/C21H24N6S/c1-13(2)15-9-14(3)10-16-18(15)23-21(26-7-5-4-6-8-26)27-20(16)24-19(25-27)17-11-28-12-22-17/h9-13H,4-8H2,1-3H3. The van der Waals surface area contributed by atoms with Gasteiger partial charge >= 0.3 is 0 Å². The van der Waals surface area contributed by atoms with Crippen molar-refractivity contribution in [2.75, 3.05) is 18.0 Å². The fourth-order valence-corrected chi connectivity index (χ4v) is 4.58. The highest BCUT2D eigenvalue weighted by Crippen LogP contribution is 2.32. The summed E-state index contributed by atoms with van der Waals surface area (Å²) >= 11 is 1.56. The molecule has 1 aliphatic heterocycles. The number of benzene rings is 1. The average Bonchev–Trinajstić information content (AvgIpc) is 3.37. The highest BCUT2D eigenvalue weighted by atomic mass is 32.1. The highest BCUT2D eigenvalue weighted by Gasteiger charge is 2.22. The third-order valence-corrected chi connectivity index (χ3v) is 6.04. The van der Waals surface area contributed by atoms with Gasteiger partial charge in [-0.15, -0.1) is 16.4 Å². The van der Waals surface area contributed by atoms with E-state index in [4.69, 9.17) is 15.1 Å². The van der Waals surface area contributed by atoms with E-state index in [1.165, 1.54) is 30.4 Å². The molecule has 0 saturated carbocycles. The zero-order chi connectivity index (χ0) is 19.3. The van der Waals surface area contributed by atoms with Gasteiger partial charge in [-0.1, -0.05) is 19.9 Å². The van der Waals surface area contributed by atoms with Gasteiger partial charge in [-0.2, -0.15) is 4.52 Å². The van der Waals surface area contributed by atoms with Crippen LogP contribution >= 0.6 is 11.3 Å². The summed E-state index contributed by atoms with van der Waals surface area (Å²) in [5.74, 6) is 1.97. The summed E-state index contributed by atoms with van der Waals surface area (Å²) in [7, 11) is 0. The molecule has 4 aromatic rings. The molecule has 0 unspecified atom stereocenters. The van der Waals surface area contributed by atoms with Crippen LogP contribution in [0.25, 0.3) is 28.1 Å². The average molecular weight is 393 g/mol. The molecule has 0 bridgehead atoms. The van der Waals surface area contributed by atoms with Gasteiger partial charge in [-0.05, 0) is 49.3 Å². The molecule has 1 aliphatic rings. The first-order valence-corrected chi connectivity index (χ1v) is 10.9. The van der Waals surface area contributed by atoms with E-state index < -0.39 is 0 Å². The number of rotatable bonds is 3. The van der Waals surface area contributed by atoms with Crippen LogP contribution in [0.2, 0.25) is 0 Å². The van der Waals surface area contributed by atoms with E-state index in [0.29, 0.717) is 11.7 Å². The molecule has 144 valence electrons. The molecule has 1 fully saturated rings. The predicted molar refractivity (Wildman–Crippen MR) is 114 cm³/mol. The normalized spacial score (nSPS) is 15.2. The summed E-state index contributed by atoms with van der Waals surface area (Å²) in [6.45, 7) is 8.62. The SMILES string of the molecule is Cc1cc(C(C)C)c2nc(N3CCCCC3)n3nc(-c4cscn4)nc3c2c1. The zero-order valence-electron chi connectivity index (χ0n) is 16.5. The van der Waals surface area contributed by atoms with E-state index in [0.717, 1.165) is 41.3 Å². The summed E-state index contributed by atoms with van der Waals surface area (Å²) in [4.78, 5) is 16.8. The van der Waals surface area contributed by atoms with E-state index in [1.807, 2.05) is 15.4 Å². The summed E-state index contributed by atoms with van der Waals surface area (Å²) in [5, 5.41) is 7.89. The molecule has 7 heteroatoms. The van der Waals surface area contributed by atoms with Gasteiger partial charge in [-0.3, -0.25) is 0 Å². The van der Waals surface area contributed by atoms with Crippen LogP contribution in [0.1, 0.15) is 50.2 Å². The number of thiazole rings is 1. The van der Waals surface area contributed by atoms with Gasteiger partial charge in [0.15, 0.2) is 5.65 Å². The van der Waals surface area contributed by atoms with Gasteiger partial charge in [0.25, 0.3) is 0 Å². The summed E-state index contributed by atoms with van der Waals surface area (Å²) in [6.07, 6.45) is 3.67. The molecule has 0 N–H and O–H groups in total. The minimum atomic E-state index is 0.396. The minimum absolute atomic E-state index is 0.396. The largest absolute Gasteiger partial charge is 0.341 e. The first kappa shape index (κ1) is 17.6. The maximum Gasteiger partial charge on any atom is 0.229 e. The monoisotopic (exact) mass is 392 g/mol. The molecule has 0 atom stereocenters. The first-order valence-electron chi connectivity index (χ1n) is 9.96. The number of aryl methyl sites for hydroxylation is 1. The molecule has 3 aromatic heterocycles. The van der Waals surface area contributed by atoms with Crippen molar-refractivity contribution >= 4 is 33.8 Å². The summed E-state index contributed by atoms with van der Waals surface area (Å²) in [5.41, 5.74) is 7.07. The van der Waals surface area contributed by atoms with Crippen LogP contribution in [-0.2, 0) is 0 Å². The van der Waals surface area contributed by atoms with Crippen molar-refractivity contribution in [3.63, 3.8) is 0 Å². The van der Waals surface area contributed by atoms with Crippen molar-refractivity contribution in [1.82, 2.24) is 24.6 Å². The Kier molecular flexibility index (Phi) is 4.27. The minimum Gasteiger partial charge on any atom is -0.341 e. The Morgan fingerprint density at radius 2 is 1.89 bits per heavy atom. The molecule has 0 aliphatic carbocycles. The third kappa shape index (κ3) is 2.85. The van der Waals surface area contributed by atoms with Gasteiger partial charge in [0.2, 0.25) is 11.8 Å². The Morgan fingerprint density at radius 3 is 2.61 bits per heavy atom. The lowest BCUT2D eigenvalue weighted by atomic mass is 9.97. The van der Waals surface area contributed by atoms with E-state index in [2.05, 4.69) is 42.8 Å². The highest BCUT2D eigenvalue weighted by molar-refractivity contribution is 7.07. The molecule has 6 nitrogen and oxygen atoms in total. The third-order valence-electron chi connectivity index (χ3n) is 5.46. The maximum absolute atomic E-state index is 5.15. The van der Waals surface area contributed by atoms with Crippen LogP contribution in [0, 0.1) is 6.92 Å². The van der Waals surface area contributed by atoms with E-state index in [9.17, 15) is 0 Å².